The Morgan fingerprint density at radius 3 is 2.65 bits per heavy atom. The second-order valence-electron chi connectivity index (χ2n) is 7.23. The first kappa shape index (κ1) is 18.6. The number of anilines is 1. The van der Waals surface area contributed by atoms with Crippen LogP contribution in [-0.2, 0) is 15.0 Å². The second-order valence-corrected chi connectivity index (χ2v) is 7.23. The third-order valence-electron chi connectivity index (χ3n) is 5.69. The lowest BCUT2D eigenvalue weighted by atomic mass is 9.65. The molecule has 2 aliphatic heterocycles. The molecule has 2 aliphatic rings. The molecular formula is C22H13N3O6. The van der Waals surface area contributed by atoms with Crippen molar-refractivity contribution in [3.8, 4) is 11.8 Å². The van der Waals surface area contributed by atoms with E-state index in [-0.39, 0.29) is 28.1 Å². The molecule has 2 atom stereocenters. The van der Waals surface area contributed by atoms with Crippen molar-refractivity contribution in [1.29, 1.82) is 10.7 Å². The van der Waals surface area contributed by atoms with E-state index in [4.69, 9.17) is 14.6 Å². The zero-order valence-electron chi connectivity index (χ0n) is 15.8. The Kier molecular flexibility index (Phi) is 3.76. The number of hydrogen-bond donors (Lipinski definition) is 2. The van der Waals surface area contributed by atoms with Crippen molar-refractivity contribution in [2.24, 2.45) is 5.92 Å². The summed E-state index contributed by atoms with van der Waals surface area (Å²) in [6, 6.07) is 14.8. The molecule has 0 saturated heterocycles. The minimum atomic E-state index is -1.96. The van der Waals surface area contributed by atoms with Gasteiger partial charge in [-0.05, 0) is 23.8 Å². The van der Waals surface area contributed by atoms with E-state index in [2.05, 4.69) is 0 Å². The van der Waals surface area contributed by atoms with E-state index in [9.17, 15) is 24.8 Å². The number of para-hydroxylation sites is 2. The van der Waals surface area contributed by atoms with Crippen LogP contribution in [0.5, 0.6) is 5.75 Å². The van der Waals surface area contributed by atoms with Crippen LogP contribution < -0.4 is 15.3 Å². The summed E-state index contributed by atoms with van der Waals surface area (Å²) in [4.78, 5) is 39.5. The molecular weight excluding hydrogens is 402 g/mol. The first-order chi connectivity index (χ1) is 14.9. The summed E-state index contributed by atoms with van der Waals surface area (Å²) in [7, 11) is 0. The summed E-state index contributed by atoms with van der Waals surface area (Å²) in [5, 5.41) is 28.0. The molecule has 1 aromatic heterocycles. The van der Waals surface area contributed by atoms with Gasteiger partial charge >= 0.3 is 11.6 Å². The van der Waals surface area contributed by atoms with E-state index < -0.39 is 41.3 Å². The van der Waals surface area contributed by atoms with E-state index in [0.717, 1.165) is 4.90 Å². The number of carbonyl (C=O) groups excluding carboxylic acids is 1. The molecule has 0 radical (unpaired) electrons. The standard InChI is InChI=1S/C22H13N3O6/c23-9-13-19(24)31-18-11-5-1-4-8-15(11)30-20(28)17(18)22(13)12-6-2-3-7-14(12)25(21(22)29)10-16(26)27/h1-8,13,24H,10H2,(H,26,27). The highest BCUT2D eigenvalue weighted by Gasteiger charge is 2.64. The number of carboxylic acid groups (broad SMARTS) is 1. The third-order valence-corrected chi connectivity index (χ3v) is 5.69. The van der Waals surface area contributed by atoms with Crippen LogP contribution in [0.4, 0.5) is 5.69 Å². The topological polar surface area (TPSA) is 145 Å². The molecule has 3 heterocycles. The highest BCUT2D eigenvalue weighted by Crippen LogP contribution is 2.55. The molecule has 3 aromatic rings. The average Bonchev–Trinajstić information content (AvgIpc) is 2.97. The number of rotatable bonds is 2. The number of carbonyl (C=O) groups is 2. The summed E-state index contributed by atoms with van der Waals surface area (Å²) in [6.45, 7) is -0.668. The first-order valence-electron chi connectivity index (χ1n) is 9.26. The number of benzene rings is 2. The number of amides is 1. The molecule has 0 saturated carbocycles. The molecule has 0 aliphatic carbocycles. The largest absolute Gasteiger partial charge is 0.480 e. The fraction of sp³-hybridized carbons (Fsp3) is 0.136. The van der Waals surface area contributed by atoms with Crippen LogP contribution in [0.2, 0.25) is 0 Å². The predicted octanol–water partition coefficient (Wildman–Crippen LogP) is 2.02. The maximum absolute atomic E-state index is 13.8. The van der Waals surface area contributed by atoms with Crippen molar-refractivity contribution >= 4 is 34.4 Å². The van der Waals surface area contributed by atoms with Gasteiger partial charge in [0.25, 0.3) is 0 Å². The molecule has 0 bridgehead atoms. The molecule has 9 nitrogen and oxygen atoms in total. The number of nitrogens with one attached hydrogen (secondary N) is 1. The minimum Gasteiger partial charge on any atom is -0.480 e. The molecule has 2 aromatic carbocycles. The Morgan fingerprint density at radius 1 is 1.19 bits per heavy atom. The number of hydrogen-bond acceptors (Lipinski definition) is 7. The van der Waals surface area contributed by atoms with Gasteiger partial charge in [0.15, 0.2) is 5.75 Å². The van der Waals surface area contributed by atoms with Crippen molar-refractivity contribution in [3.05, 3.63) is 70.1 Å². The fourth-order valence-electron chi connectivity index (χ4n) is 4.53. The summed E-state index contributed by atoms with van der Waals surface area (Å²) < 4.78 is 11.1. The zero-order chi connectivity index (χ0) is 21.9. The van der Waals surface area contributed by atoms with E-state index in [0.29, 0.717) is 5.39 Å². The van der Waals surface area contributed by atoms with E-state index in [1.54, 1.807) is 48.5 Å². The van der Waals surface area contributed by atoms with Crippen LogP contribution in [-0.4, -0.2) is 29.4 Å². The lowest BCUT2D eigenvalue weighted by Crippen LogP contribution is -2.55. The van der Waals surface area contributed by atoms with Crippen LogP contribution in [0, 0.1) is 22.7 Å². The average molecular weight is 415 g/mol. The Hall–Kier alpha value is -4.45. The monoisotopic (exact) mass is 415 g/mol. The van der Waals surface area contributed by atoms with E-state index in [1.807, 2.05) is 6.07 Å². The summed E-state index contributed by atoms with van der Waals surface area (Å²) >= 11 is 0. The van der Waals surface area contributed by atoms with Crippen molar-refractivity contribution < 1.29 is 23.8 Å². The fourth-order valence-corrected chi connectivity index (χ4v) is 4.53. The smallest absolute Gasteiger partial charge is 0.344 e. The van der Waals surface area contributed by atoms with Crippen molar-refractivity contribution in [1.82, 2.24) is 0 Å². The molecule has 152 valence electrons. The normalized spacial score (nSPS) is 21.5. The number of aliphatic carboxylic acids is 1. The predicted molar refractivity (Wildman–Crippen MR) is 107 cm³/mol. The highest BCUT2D eigenvalue weighted by molar-refractivity contribution is 6.16. The zero-order valence-corrected chi connectivity index (χ0v) is 15.8. The SMILES string of the molecule is N#CC1C(=N)Oc2c(c(=O)oc3ccccc23)C12C(=O)N(CC(=O)O)c1ccccc12. The van der Waals surface area contributed by atoms with Crippen LogP contribution in [0.1, 0.15) is 11.1 Å². The highest BCUT2D eigenvalue weighted by atomic mass is 16.5. The van der Waals surface area contributed by atoms with Crippen LogP contribution >= 0.6 is 0 Å². The lowest BCUT2D eigenvalue weighted by molar-refractivity contribution is -0.137. The van der Waals surface area contributed by atoms with E-state index in [1.165, 1.54) is 0 Å². The molecule has 9 heteroatoms. The second kappa shape index (κ2) is 6.27. The lowest BCUT2D eigenvalue weighted by Gasteiger charge is -2.37. The summed E-state index contributed by atoms with van der Waals surface area (Å²) in [6.07, 6.45) is 0. The van der Waals surface area contributed by atoms with Crippen LogP contribution in [0.15, 0.2) is 57.7 Å². The number of fused-ring (bicyclic) bond motifs is 6. The van der Waals surface area contributed by atoms with E-state index >= 15 is 0 Å². The molecule has 31 heavy (non-hydrogen) atoms. The van der Waals surface area contributed by atoms with Gasteiger partial charge in [-0.15, -0.1) is 0 Å². The summed E-state index contributed by atoms with van der Waals surface area (Å²) in [5.74, 6) is -4.09. The Bertz CT molecular complexity index is 1420. The van der Waals surface area contributed by atoms with Crippen LogP contribution in [0.25, 0.3) is 11.0 Å². The van der Waals surface area contributed by atoms with Gasteiger partial charge in [-0.2, -0.15) is 5.26 Å². The van der Waals surface area contributed by atoms with Gasteiger partial charge in [-0.1, -0.05) is 30.3 Å². The Balaban J connectivity index is 1.96. The third kappa shape index (κ3) is 2.24. The van der Waals surface area contributed by atoms with Crippen molar-refractivity contribution in [3.63, 3.8) is 0 Å². The van der Waals surface area contributed by atoms with Gasteiger partial charge < -0.3 is 14.3 Å². The molecule has 2 unspecified atom stereocenters. The number of nitriles is 1. The Morgan fingerprint density at radius 2 is 1.90 bits per heavy atom. The van der Waals surface area contributed by atoms with Gasteiger partial charge in [-0.25, -0.2) is 4.79 Å². The molecule has 1 amide bonds. The van der Waals surface area contributed by atoms with Crippen molar-refractivity contribution in [2.75, 3.05) is 11.4 Å². The Labute approximate surface area is 174 Å². The number of carboxylic acids is 1. The molecule has 5 rings (SSSR count). The van der Waals surface area contributed by atoms with Gasteiger partial charge in [0.05, 0.1) is 11.5 Å². The van der Waals surface area contributed by atoms with Crippen LogP contribution in [0.3, 0.4) is 0 Å². The molecule has 0 fully saturated rings. The minimum absolute atomic E-state index is 0.0383. The molecule has 2 N–H and O–H groups in total. The number of ether oxygens (including phenoxy) is 1. The number of nitrogens with zero attached hydrogens (tertiary/aromatic N) is 2. The van der Waals surface area contributed by atoms with Crippen molar-refractivity contribution in [2.45, 2.75) is 5.41 Å². The molecule has 1 spiro atoms. The maximum Gasteiger partial charge on any atom is 0.344 e. The van der Waals surface area contributed by atoms with Gasteiger partial charge in [0, 0.05) is 5.69 Å². The van der Waals surface area contributed by atoms with Gasteiger partial charge in [0.2, 0.25) is 11.8 Å². The van der Waals surface area contributed by atoms with Gasteiger partial charge in [-0.3, -0.25) is 19.9 Å². The maximum atomic E-state index is 13.8. The van der Waals surface area contributed by atoms with Gasteiger partial charge in [0.1, 0.15) is 29.0 Å². The summed E-state index contributed by atoms with van der Waals surface area (Å²) in [5.41, 5.74) is -2.35. The quantitative estimate of drug-likeness (QED) is 0.609. The first-order valence-corrected chi connectivity index (χ1v) is 9.26.